The summed E-state index contributed by atoms with van der Waals surface area (Å²) in [5.74, 6) is 0. The van der Waals surface area contributed by atoms with Crippen LogP contribution in [-0.4, -0.2) is 22.9 Å². The zero-order valence-corrected chi connectivity index (χ0v) is 13.6. The molecule has 1 N–H and O–H groups in total. The molecule has 0 saturated heterocycles. The van der Waals surface area contributed by atoms with Crippen LogP contribution in [0.25, 0.3) is 11.0 Å². The fraction of sp³-hybridized carbons (Fsp3) is 0.286. The molecule has 98 valence electrons. The van der Waals surface area contributed by atoms with E-state index in [-0.39, 0.29) is 15.0 Å². The molecule has 2 aromatic heterocycles. The van der Waals surface area contributed by atoms with Crippen molar-refractivity contribution in [2.45, 2.75) is 26.8 Å². The van der Waals surface area contributed by atoms with Crippen LogP contribution in [0.1, 0.15) is 28.3 Å². The average molecular weight is 336 g/mol. The number of benzene rings is 1. The number of nitrogens with one attached hydrogen (secondary N) is 1. The summed E-state index contributed by atoms with van der Waals surface area (Å²) in [6.07, 6.45) is 0. The van der Waals surface area contributed by atoms with Gasteiger partial charge in [-0.05, 0) is 0 Å². The zero-order chi connectivity index (χ0) is 13.4. The summed E-state index contributed by atoms with van der Waals surface area (Å²) in [7, 11) is 0. The molecule has 1 aromatic carbocycles. The second kappa shape index (κ2) is 5.08. The molecular weight excluding hydrogens is 321 g/mol. The van der Waals surface area contributed by atoms with Crippen LogP contribution in [0.4, 0.5) is 5.69 Å². The molecule has 3 aromatic rings. The van der Waals surface area contributed by atoms with Crippen molar-refractivity contribution in [3.05, 3.63) is 39.6 Å². The van der Waals surface area contributed by atoms with Crippen LogP contribution >= 0.6 is 11.3 Å². The van der Waals surface area contributed by atoms with Gasteiger partial charge < -0.3 is 0 Å². The molecule has 0 saturated carbocycles. The van der Waals surface area contributed by atoms with Crippen LogP contribution in [0, 0.1) is 13.8 Å². The Morgan fingerprint density at radius 1 is 1.26 bits per heavy atom. The van der Waals surface area contributed by atoms with Gasteiger partial charge in [-0.15, -0.1) is 0 Å². The van der Waals surface area contributed by atoms with Crippen molar-refractivity contribution in [2.24, 2.45) is 0 Å². The second-order valence-corrected chi connectivity index (χ2v) is 7.24. The predicted octanol–water partition coefficient (Wildman–Crippen LogP) is 3.54. The number of rotatable bonds is 3. The molecule has 0 aliphatic heterocycles. The van der Waals surface area contributed by atoms with Crippen molar-refractivity contribution in [3.8, 4) is 0 Å². The van der Waals surface area contributed by atoms with Gasteiger partial charge in [-0.1, -0.05) is 0 Å². The fourth-order valence-corrected chi connectivity index (χ4v) is 4.49. The Kier molecular flexibility index (Phi) is 3.44. The maximum atomic E-state index is 4.51. The summed E-state index contributed by atoms with van der Waals surface area (Å²) in [6, 6.07) is 8.72. The number of thiophene rings is 1. The van der Waals surface area contributed by atoms with Crippen molar-refractivity contribution >= 4 is 43.0 Å². The van der Waals surface area contributed by atoms with E-state index >= 15 is 0 Å². The molecule has 0 spiro atoms. The van der Waals surface area contributed by atoms with Crippen LogP contribution in [-0.2, 0) is 0 Å². The van der Waals surface area contributed by atoms with E-state index in [0.717, 1.165) is 16.7 Å². The number of fused-ring (bicyclic) bond motifs is 1. The number of aryl methyl sites for hydroxylation is 2. The van der Waals surface area contributed by atoms with Crippen LogP contribution in [0.15, 0.2) is 24.3 Å². The van der Waals surface area contributed by atoms with Crippen molar-refractivity contribution in [2.75, 3.05) is 5.32 Å². The maximum absolute atomic E-state index is 4.51. The van der Waals surface area contributed by atoms with Crippen LogP contribution in [0.5, 0.6) is 0 Å². The number of aromatic nitrogens is 2. The quantitative estimate of drug-likeness (QED) is 0.744. The van der Waals surface area contributed by atoms with E-state index in [0.29, 0.717) is 6.04 Å². The third-order valence-electron chi connectivity index (χ3n) is 3.20. The molecule has 0 fully saturated rings. The van der Waals surface area contributed by atoms with E-state index < -0.39 is 0 Å². The molecule has 0 aliphatic rings. The summed E-state index contributed by atoms with van der Waals surface area (Å²) in [5, 5.41) is 3.58. The van der Waals surface area contributed by atoms with Crippen molar-refractivity contribution < 1.29 is 0 Å². The topological polar surface area (TPSA) is 37.8 Å². The molecule has 1 unspecified atom stereocenters. The standard InChI is InChI=1S/C14H15N3SSe/c1-8-7-11(10(3)18-8)9(2)15-12-5-4-6-13-14(12)17-19-16-13/h4-7,9,15H,1-3H3. The van der Waals surface area contributed by atoms with Gasteiger partial charge in [0.1, 0.15) is 0 Å². The Labute approximate surface area is 122 Å². The van der Waals surface area contributed by atoms with E-state index in [4.69, 9.17) is 0 Å². The molecule has 3 rings (SSSR count). The third kappa shape index (κ3) is 2.46. The molecule has 19 heavy (non-hydrogen) atoms. The second-order valence-electron chi connectivity index (χ2n) is 4.67. The molecule has 0 amide bonds. The number of nitrogens with zero attached hydrogens (tertiary/aromatic N) is 2. The van der Waals surface area contributed by atoms with E-state index in [1.54, 1.807) is 0 Å². The Hall–Kier alpha value is -1.16. The summed E-state index contributed by atoms with van der Waals surface area (Å²) < 4.78 is 8.93. The van der Waals surface area contributed by atoms with Gasteiger partial charge in [-0.2, -0.15) is 0 Å². The zero-order valence-electron chi connectivity index (χ0n) is 11.1. The average Bonchev–Trinajstić information content (AvgIpc) is 2.96. The van der Waals surface area contributed by atoms with Gasteiger partial charge in [-0.3, -0.25) is 0 Å². The first-order valence-corrected chi connectivity index (χ1v) is 8.55. The Morgan fingerprint density at radius 2 is 2.11 bits per heavy atom. The molecular formula is C14H15N3SSe. The first kappa shape index (κ1) is 12.9. The molecule has 0 radical (unpaired) electrons. The Balaban J connectivity index is 1.92. The molecule has 5 heteroatoms. The van der Waals surface area contributed by atoms with Crippen LogP contribution in [0.3, 0.4) is 0 Å². The summed E-state index contributed by atoms with van der Waals surface area (Å²) >= 11 is 1.88. The normalized spacial score (nSPS) is 12.8. The van der Waals surface area contributed by atoms with Gasteiger partial charge in [-0.25, -0.2) is 0 Å². The van der Waals surface area contributed by atoms with Gasteiger partial charge in [0, 0.05) is 0 Å². The van der Waals surface area contributed by atoms with Gasteiger partial charge in [0.15, 0.2) is 0 Å². The van der Waals surface area contributed by atoms with Gasteiger partial charge in [0.25, 0.3) is 0 Å². The van der Waals surface area contributed by atoms with E-state index in [2.05, 4.69) is 46.2 Å². The Bertz CT molecular complexity index is 716. The molecule has 3 nitrogen and oxygen atoms in total. The van der Waals surface area contributed by atoms with E-state index in [9.17, 15) is 0 Å². The first-order valence-electron chi connectivity index (χ1n) is 6.20. The summed E-state index contributed by atoms with van der Waals surface area (Å²) in [4.78, 5) is 2.75. The fourth-order valence-electron chi connectivity index (χ4n) is 2.31. The molecule has 2 heterocycles. The summed E-state index contributed by atoms with van der Waals surface area (Å²) in [6.45, 7) is 6.54. The Morgan fingerprint density at radius 3 is 2.84 bits per heavy atom. The molecule has 1 atom stereocenters. The van der Waals surface area contributed by atoms with Crippen molar-refractivity contribution in [1.29, 1.82) is 0 Å². The number of hydrogen-bond donors (Lipinski definition) is 1. The molecule has 0 aliphatic carbocycles. The van der Waals surface area contributed by atoms with Crippen molar-refractivity contribution in [3.63, 3.8) is 0 Å². The third-order valence-corrected chi connectivity index (χ3v) is 5.32. The minimum atomic E-state index is 0.0260. The number of hydrogen-bond acceptors (Lipinski definition) is 4. The summed E-state index contributed by atoms with van der Waals surface area (Å²) in [5.41, 5.74) is 4.52. The van der Waals surface area contributed by atoms with Gasteiger partial charge >= 0.3 is 123 Å². The van der Waals surface area contributed by atoms with E-state index in [1.165, 1.54) is 15.3 Å². The van der Waals surface area contributed by atoms with Gasteiger partial charge in [0.05, 0.1) is 0 Å². The van der Waals surface area contributed by atoms with Crippen molar-refractivity contribution in [1.82, 2.24) is 7.96 Å². The first-order chi connectivity index (χ1) is 9.15. The number of anilines is 1. The minimum absolute atomic E-state index is 0.0260. The predicted molar refractivity (Wildman–Crippen MR) is 82.3 cm³/mol. The SMILES string of the molecule is Cc1cc(C(C)Nc2cccc3n[se]nc23)c(C)s1. The van der Waals surface area contributed by atoms with Crippen LogP contribution < -0.4 is 5.32 Å². The van der Waals surface area contributed by atoms with E-state index in [1.807, 2.05) is 23.5 Å². The monoisotopic (exact) mass is 337 g/mol. The molecule has 0 bridgehead atoms. The van der Waals surface area contributed by atoms with Gasteiger partial charge in [0.2, 0.25) is 0 Å². The van der Waals surface area contributed by atoms with Crippen LogP contribution in [0.2, 0.25) is 0 Å².